The molecule has 0 saturated heterocycles. The second-order valence-corrected chi connectivity index (χ2v) is 4.54. The quantitative estimate of drug-likeness (QED) is 0.846. The van der Waals surface area contributed by atoms with Crippen LogP contribution in [0.1, 0.15) is 34.4 Å². The van der Waals surface area contributed by atoms with E-state index in [0.717, 1.165) is 29.2 Å². The van der Waals surface area contributed by atoms with Crippen molar-refractivity contribution in [3.63, 3.8) is 0 Å². The summed E-state index contributed by atoms with van der Waals surface area (Å²) >= 11 is 0. The number of ether oxygens (including phenoxy) is 1. The summed E-state index contributed by atoms with van der Waals surface area (Å²) in [4.78, 5) is 11.6. The zero-order chi connectivity index (χ0) is 14.5. The molecule has 0 bridgehead atoms. The Hall–Kier alpha value is -2.23. The average molecular weight is 273 g/mol. The summed E-state index contributed by atoms with van der Waals surface area (Å²) in [7, 11) is 1.39. The highest BCUT2D eigenvalue weighted by atomic mass is 16.5. The fourth-order valence-corrected chi connectivity index (χ4v) is 2.05. The van der Waals surface area contributed by atoms with E-state index in [1.807, 2.05) is 31.2 Å². The molecule has 2 aromatic rings. The number of nitrogens with one attached hydrogen (secondary N) is 1. The van der Waals surface area contributed by atoms with Crippen LogP contribution in [0.4, 0.5) is 5.69 Å². The molecule has 0 aliphatic carbocycles. The molecule has 1 heterocycles. The van der Waals surface area contributed by atoms with Crippen molar-refractivity contribution in [2.24, 2.45) is 0 Å². The van der Waals surface area contributed by atoms with Crippen molar-refractivity contribution in [3.05, 3.63) is 53.0 Å². The van der Waals surface area contributed by atoms with Crippen LogP contribution in [0.3, 0.4) is 0 Å². The van der Waals surface area contributed by atoms with E-state index in [1.165, 1.54) is 7.11 Å². The molecule has 1 aromatic heterocycles. The number of anilines is 1. The van der Waals surface area contributed by atoms with Gasteiger partial charge in [-0.1, -0.05) is 13.0 Å². The first-order chi connectivity index (χ1) is 9.65. The van der Waals surface area contributed by atoms with Gasteiger partial charge in [0, 0.05) is 12.1 Å². The summed E-state index contributed by atoms with van der Waals surface area (Å²) in [6, 6.07) is 9.47. The maximum atomic E-state index is 11.6. The third-order valence-corrected chi connectivity index (χ3v) is 3.26. The van der Waals surface area contributed by atoms with Crippen LogP contribution in [0.25, 0.3) is 0 Å². The standard InChI is InChI=1S/C16H19NO3/c1-4-12-8-9-13(20-12)10-17-15-7-5-6-14(11(15)2)16(18)19-3/h5-9,17H,4,10H2,1-3H3. The molecule has 0 saturated carbocycles. The number of furan rings is 1. The van der Waals surface area contributed by atoms with Crippen molar-refractivity contribution in [3.8, 4) is 0 Å². The molecule has 1 N–H and O–H groups in total. The number of methoxy groups -OCH3 is 1. The molecule has 0 amide bonds. The molecule has 106 valence electrons. The van der Waals surface area contributed by atoms with Crippen molar-refractivity contribution >= 4 is 11.7 Å². The van der Waals surface area contributed by atoms with Crippen LogP contribution in [-0.2, 0) is 17.7 Å². The lowest BCUT2D eigenvalue weighted by Crippen LogP contribution is -2.07. The van der Waals surface area contributed by atoms with Gasteiger partial charge in [-0.25, -0.2) is 4.79 Å². The molecule has 4 heteroatoms. The number of esters is 1. The molecular formula is C16H19NO3. The maximum absolute atomic E-state index is 11.6. The Morgan fingerprint density at radius 3 is 2.65 bits per heavy atom. The molecule has 0 spiro atoms. The lowest BCUT2D eigenvalue weighted by atomic mass is 10.1. The Balaban J connectivity index is 2.11. The van der Waals surface area contributed by atoms with Crippen LogP contribution in [0.15, 0.2) is 34.7 Å². The Morgan fingerprint density at radius 1 is 1.25 bits per heavy atom. The smallest absolute Gasteiger partial charge is 0.338 e. The van der Waals surface area contributed by atoms with Gasteiger partial charge in [-0.15, -0.1) is 0 Å². The minimum absolute atomic E-state index is 0.322. The molecule has 0 aliphatic rings. The van der Waals surface area contributed by atoms with Crippen LogP contribution in [0.5, 0.6) is 0 Å². The summed E-state index contributed by atoms with van der Waals surface area (Å²) in [5.74, 6) is 1.53. The third kappa shape index (κ3) is 3.02. The first kappa shape index (κ1) is 14.2. The van der Waals surface area contributed by atoms with Gasteiger partial charge in [0.1, 0.15) is 11.5 Å². The van der Waals surface area contributed by atoms with E-state index in [-0.39, 0.29) is 5.97 Å². The van der Waals surface area contributed by atoms with E-state index in [2.05, 4.69) is 12.2 Å². The van der Waals surface area contributed by atoms with E-state index in [1.54, 1.807) is 6.07 Å². The summed E-state index contributed by atoms with van der Waals surface area (Å²) in [6.07, 6.45) is 0.886. The largest absolute Gasteiger partial charge is 0.465 e. The maximum Gasteiger partial charge on any atom is 0.338 e. The van der Waals surface area contributed by atoms with Crippen LogP contribution in [0, 0.1) is 6.92 Å². The highest BCUT2D eigenvalue weighted by Gasteiger charge is 2.11. The van der Waals surface area contributed by atoms with Gasteiger partial charge in [0.2, 0.25) is 0 Å². The summed E-state index contributed by atoms with van der Waals surface area (Å²) < 4.78 is 10.4. The van der Waals surface area contributed by atoms with E-state index in [9.17, 15) is 4.79 Å². The second kappa shape index (κ2) is 6.28. The minimum atomic E-state index is -0.322. The summed E-state index contributed by atoms with van der Waals surface area (Å²) in [6.45, 7) is 4.54. The van der Waals surface area contributed by atoms with Gasteiger partial charge in [0.15, 0.2) is 0 Å². The SMILES string of the molecule is CCc1ccc(CNc2cccc(C(=O)OC)c2C)o1. The highest BCUT2D eigenvalue weighted by molar-refractivity contribution is 5.92. The third-order valence-electron chi connectivity index (χ3n) is 3.26. The zero-order valence-electron chi connectivity index (χ0n) is 12.0. The highest BCUT2D eigenvalue weighted by Crippen LogP contribution is 2.21. The molecule has 2 rings (SSSR count). The van der Waals surface area contributed by atoms with E-state index < -0.39 is 0 Å². The molecule has 4 nitrogen and oxygen atoms in total. The van der Waals surface area contributed by atoms with Gasteiger partial charge >= 0.3 is 5.97 Å². The normalized spacial score (nSPS) is 10.3. The molecule has 1 aromatic carbocycles. The molecule has 0 aliphatic heterocycles. The molecule has 0 atom stereocenters. The van der Waals surface area contributed by atoms with Crippen molar-refractivity contribution in [2.45, 2.75) is 26.8 Å². The van der Waals surface area contributed by atoms with Crippen LogP contribution >= 0.6 is 0 Å². The summed E-state index contributed by atoms with van der Waals surface area (Å²) in [5, 5.41) is 3.28. The number of carbonyl (C=O) groups is 1. The lowest BCUT2D eigenvalue weighted by molar-refractivity contribution is 0.0600. The molecule has 0 fully saturated rings. The Kier molecular flexibility index (Phi) is 4.45. The van der Waals surface area contributed by atoms with Crippen LogP contribution in [0.2, 0.25) is 0 Å². The number of benzene rings is 1. The summed E-state index contributed by atoms with van der Waals surface area (Å²) in [5.41, 5.74) is 2.36. The predicted molar refractivity (Wildman–Crippen MR) is 77.9 cm³/mol. The predicted octanol–water partition coefficient (Wildman–Crippen LogP) is 3.55. The number of hydrogen-bond donors (Lipinski definition) is 1. The van der Waals surface area contributed by atoms with Crippen LogP contribution in [-0.4, -0.2) is 13.1 Å². The number of hydrogen-bond acceptors (Lipinski definition) is 4. The van der Waals surface area contributed by atoms with Crippen molar-refractivity contribution < 1.29 is 13.9 Å². The topological polar surface area (TPSA) is 51.5 Å². The molecule has 0 radical (unpaired) electrons. The van der Waals surface area contributed by atoms with Gasteiger partial charge in [-0.2, -0.15) is 0 Å². The van der Waals surface area contributed by atoms with Gasteiger partial charge in [-0.05, 0) is 36.8 Å². The lowest BCUT2D eigenvalue weighted by Gasteiger charge is -2.11. The van der Waals surface area contributed by atoms with Gasteiger partial charge in [0.05, 0.1) is 19.2 Å². The van der Waals surface area contributed by atoms with Crippen molar-refractivity contribution in [2.75, 3.05) is 12.4 Å². The number of aryl methyl sites for hydroxylation is 1. The Morgan fingerprint density at radius 2 is 2.00 bits per heavy atom. The first-order valence-corrected chi connectivity index (χ1v) is 6.65. The Bertz CT molecular complexity index is 602. The van der Waals surface area contributed by atoms with Crippen molar-refractivity contribution in [1.29, 1.82) is 0 Å². The molecular weight excluding hydrogens is 254 g/mol. The average Bonchev–Trinajstić information content (AvgIpc) is 2.93. The van der Waals surface area contributed by atoms with E-state index in [0.29, 0.717) is 12.1 Å². The fraction of sp³-hybridized carbons (Fsp3) is 0.312. The number of rotatable bonds is 5. The Labute approximate surface area is 118 Å². The second-order valence-electron chi connectivity index (χ2n) is 4.54. The van der Waals surface area contributed by atoms with Gasteiger partial charge < -0.3 is 14.5 Å². The van der Waals surface area contributed by atoms with Gasteiger partial charge in [-0.3, -0.25) is 0 Å². The number of carbonyl (C=O) groups excluding carboxylic acids is 1. The van der Waals surface area contributed by atoms with E-state index in [4.69, 9.17) is 9.15 Å². The first-order valence-electron chi connectivity index (χ1n) is 6.65. The van der Waals surface area contributed by atoms with Crippen molar-refractivity contribution in [1.82, 2.24) is 0 Å². The molecule has 20 heavy (non-hydrogen) atoms. The van der Waals surface area contributed by atoms with E-state index >= 15 is 0 Å². The van der Waals surface area contributed by atoms with Gasteiger partial charge in [0.25, 0.3) is 0 Å². The molecule has 0 unspecified atom stereocenters. The monoisotopic (exact) mass is 273 g/mol. The minimum Gasteiger partial charge on any atom is -0.465 e. The fourth-order valence-electron chi connectivity index (χ4n) is 2.05. The zero-order valence-corrected chi connectivity index (χ0v) is 12.0. The van der Waals surface area contributed by atoms with Crippen LogP contribution < -0.4 is 5.32 Å².